The summed E-state index contributed by atoms with van der Waals surface area (Å²) in [5.74, 6) is -6.59. The predicted molar refractivity (Wildman–Crippen MR) is 516 cm³/mol. The molecule has 2 saturated heterocycles. The van der Waals surface area contributed by atoms with Crippen LogP contribution in [0.25, 0.3) is 0 Å². The number of aromatic hydroxyl groups is 1. The minimum absolute atomic E-state index is 0.00184. The second kappa shape index (κ2) is 54.9. The van der Waals surface area contributed by atoms with Crippen LogP contribution in [-0.2, 0) is 44.7 Å². The lowest BCUT2D eigenvalue weighted by atomic mass is 9.58. The number of phenols is 1. The number of unbranched alkanes of at least 4 members (excludes halogenated alkanes) is 8. The summed E-state index contributed by atoms with van der Waals surface area (Å²) in [4.78, 5) is 95.8. The molecule has 0 spiro atoms. The number of Topliss-reactive ketones (excluding diaryl/α,β-unsaturated/α-hetero) is 4. The molecule has 5 aliphatic carbocycles. The Balaban J connectivity index is 0.000000253. The van der Waals surface area contributed by atoms with Crippen LogP contribution in [0.2, 0.25) is 10.0 Å². The zero-order chi connectivity index (χ0) is 99.8. The van der Waals surface area contributed by atoms with Crippen molar-refractivity contribution in [3.63, 3.8) is 0 Å². The fraction of sp³-hybridized carbons (Fsp3) is 0.622. The molecular weight excluding hydrogens is 1810 g/mol. The molecule has 134 heavy (non-hydrogen) atoms. The number of hydrogen-bond donors (Lipinski definition) is 16. The molecule has 1 aromatic heterocycles. The molecule has 3 aromatic carbocycles. The number of halogens is 4. The first-order chi connectivity index (χ1) is 63.3. The molecule has 2 saturated carbocycles. The van der Waals surface area contributed by atoms with E-state index in [1.807, 2.05) is 86.7 Å². The normalized spacial score (nSPS) is 25.0. The lowest BCUT2D eigenvalue weighted by Crippen LogP contribution is -2.63. The van der Waals surface area contributed by atoms with E-state index in [9.17, 15) is 94.9 Å². The fourth-order valence-electron chi connectivity index (χ4n) is 18.7. The molecule has 748 valence electrons. The first kappa shape index (κ1) is 115. The molecule has 2 aliphatic heterocycles. The number of aromatic nitrogens is 2. The molecule has 36 heteroatoms. The number of carbonyl (C=O) groups is 7. The van der Waals surface area contributed by atoms with Gasteiger partial charge in [0.2, 0.25) is 5.78 Å². The van der Waals surface area contributed by atoms with Crippen LogP contribution in [0.15, 0.2) is 114 Å². The highest BCUT2D eigenvalue weighted by Crippen LogP contribution is 2.54. The number of primary amides is 1. The molecule has 32 nitrogen and oxygen atoms in total. The van der Waals surface area contributed by atoms with Gasteiger partial charge in [-0.05, 0) is 164 Å². The number of ether oxygens (including phenoxy) is 2. The van der Waals surface area contributed by atoms with E-state index >= 15 is 0 Å². The first-order valence-corrected chi connectivity index (χ1v) is 48.2. The van der Waals surface area contributed by atoms with E-state index in [1.165, 1.54) is 31.6 Å². The molecule has 4 aromatic rings. The fourth-order valence-corrected chi connectivity index (χ4v) is 19.7. The summed E-state index contributed by atoms with van der Waals surface area (Å²) < 4.78 is 9.69. The van der Waals surface area contributed by atoms with Gasteiger partial charge in [-0.15, -0.1) is 23.2 Å². The lowest BCUT2D eigenvalue weighted by molar-refractivity contribution is -0.576. The highest BCUT2D eigenvalue weighted by atomic mass is 35.5. The molecule has 0 radical (unpaired) electrons. The monoisotopic (exact) mass is 1960 g/mol. The van der Waals surface area contributed by atoms with Gasteiger partial charge in [-0.1, -0.05) is 161 Å². The summed E-state index contributed by atoms with van der Waals surface area (Å²) in [7, 11) is 9.59. The number of methoxy groups -OCH3 is 2. The van der Waals surface area contributed by atoms with E-state index < -0.39 is 111 Å². The number of hydrogen-bond acceptors (Lipinski definition) is 30. The van der Waals surface area contributed by atoms with Crippen LogP contribution in [-0.4, -0.2) is 268 Å². The number of nitrogens with two attached hydrogens (primary N) is 3. The molecule has 11 rings (SSSR count). The Bertz CT molecular complexity index is 4500. The minimum Gasteiger partial charge on any atom is -0.754 e. The molecule has 3 heterocycles. The van der Waals surface area contributed by atoms with E-state index in [0.29, 0.717) is 51.8 Å². The average Bonchev–Trinajstić information content (AvgIpc) is 0.751. The maximum absolute atomic E-state index is 13.5. The molecule has 4 fully saturated rings. The number of benzene rings is 3. The number of nitrogens with zero attached hydrogens (tertiary/aromatic N) is 6. The largest absolute Gasteiger partial charge is 0.754 e. The summed E-state index contributed by atoms with van der Waals surface area (Å²) in [6.45, 7) is 9.76. The van der Waals surface area contributed by atoms with Crippen molar-refractivity contribution in [1.29, 1.82) is 0 Å². The maximum atomic E-state index is 13.5. The Labute approximate surface area is 807 Å². The molecule has 7 aliphatic rings. The Morgan fingerprint density at radius 3 is 1.69 bits per heavy atom. The number of alkyl halides is 2. The first-order valence-electron chi connectivity index (χ1n) is 46.5. The number of likely N-dealkylation sites (tertiary alicyclic amines) is 1. The maximum Gasteiger partial charge on any atom is 0.346 e. The van der Waals surface area contributed by atoms with E-state index in [0.717, 1.165) is 145 Å². The van der Waals surface area contributed by atoms with Crippen molar-refractivity contribution in [3.8, 4) is 5.75 Å². The summed E-state index contributed by atoms with van der Waals surface area (Å²) in [6.07, 6.45) is 23.8. The number of nitrogen functional groups attached to an aromatic ring is 2. The molecular formula is C98H145Cl4N9O23. The Kier molecular flexibility index (Phi) is 46.9. The standard InChI is InChI=1S/C23H27N3O7.2C22H38O5.C14H10Cl4.C9H15N5O.C8H17NO5/c1-25(2)12-5-6-13(27)15-10(12)7-9-8-11-17(26(3)4)19(29)16(22(24)32)21(31)23(11,33)20(30)14(9)18(15)28;2*1-4-5-14-22(2,26)15-10-12-18-17(19(23)16-20(18)24)11-8-6-7-9-13-21(25)27-3;15-10-7-5-9(6-8-10)13(14(17)18)11-3-1-2-4-12(11)16;10-7-6-8(12-9(11)14(7)15)13-4-2-1-3-5-13;10-2-1-9-3-6(12)8(14)7(13)5(9)4-11/h5-6,9,11,17,27,29-30,33H,7-8H2,1-4H3,(H2,24,32);2*10,12,17-18,20,24,26H,4-9,11,13-16H2,1-3H3;1-8,13-14H;6H,1-5,10H2,(H2,11,12);5-8,10-14H,1-4H2/b;2*12-10+;;;/t9-,11-,17-,23-;2*17-,18-,20-,22?;;;5-,6+,7-,8-/m011..1/s1. The van der Waals surface area contributed by atoms with Crippen molar-refractivity contribution < 1.29 is 114 Å². The number of piperidine rings is 2. The second-order valence-electron chi connectivity index (χ2n) is 36.8. The molecule has 0 bridgehead atoms. The van der Waals surface area contributed by atoms with Crippen LogP contribution in [0, 0.1) is 40.7 Å². The van der Waals surface area contributed by atoms with Gasteiger partial charge in [-0.3, -0.25) is 43.4 Å². The summed E-state index contributed by atoms with van der Waals surface area (Å²) in [6, 6.07) is 18.0. The molecule has 19 N–H and O–H groups in total. The number of phenolic OH excluding ortho intramolecular Hbond substituents is 1. The van der Waals surface area contributed by atoms with Gasteiger partial charge in [0.1, 0.15) is 51.5 Å². The van der Waals surface area contributed by atoms with Crippen LogP contribution in [0.3, 0.4) is 0 Å². The lowest BCUT2D eigenvalue weighted by Gasteiger charge is -2.50. The number of amides is 1. The number of aliphatic hydroxyl groups is 12. The summed E-state index contributed by atoms with van der Waals surface area (Å²) in [5.41, 5.74) is 14.5. The Morgan fingerprint density at radius 2 is 1.23 bits per heavy atom. The van der Waals surface area contributed by atoms with Crippen LogP contribution >= 0.6 is 46.4 Å². The quantitative estimate of drug-likeness (QED) is 0.00382. The van der Waals surface area contributed by atoms with E-state index in [1.54, 1.807) is 50.1 Å². The number of β-amino-alcohol motifs (C(OH)–C–C–N with tert-alkyl or cyclic N) is 2. The zero-order valence-electron chi connectivity index (χ0n) is 79.0. The minimum atomic E-state index is -2.63. The van der Waals surface area contributed by atoms with Crippen molar-refractivity contribution in [2.75, 3.05) is 103 Å². The number of likely N-dealkylation sites (N-methyl/N-ethyl adjacent to an activating group) is 1. The van der Waals surface area contributed by atoms with Gasteiger partial charge in [0.25, 0.3) is 5.91 Å². The number of aliphatic hydroxyl groups excluding tert-OH is 9. The van der Waals surface area contributed by atoms with Crippen LogP contribution in [0.5, 0.6) is 5.75 Å². The summed E-state index contributed by atoms with van der Waals surface area (Å²) in [5, 5.41) is 144. The van der Waals surface area contributed by atoms with Gasteiger partial charge < -0.3 is 108 Å². The number of allylic oxidation sites excluding steroid dienone is 1. The van der Waals surface area contributed by atoms with E-state index in [-0.39, 0.29) is 134 Å². The topological polar surface area (TPSA) is 532 Å². The zero-order valence-corrected chi connectivity index (χ0v) is 82.0. The van der Waals surface area contributed by atoms with Crippen molar-refractivity contribution in [3.05, 3.63) is 151 Å². The average molecular weight is 1960 g/mol. The number of anilines is 4. The molecule has 1 amide bonds. The van der Waals surface area contributed by atoms with Gasteiger partial charge >= 0.3 is 17.9 Å². The predicted octanol–water partition coefficient (Wildman–Crippen LogP) is 10.6. The third-order valence-electron chi connectivity index (χ3n) is 26.2. The van der Waals surface area contributed by atoms with Crippen molar-refractivity contribution in [2.24, 2.45) is 41.2 Å². The summed E-state index contributed by atoms with van der Waals surface area (Å²) >= 11 is 24.3. The number of ketones is 4. The highest BCUT2D eigenvalue weighted by Gasteiger charge is 2.63. The third kappa shape index (κ3) is 31.7. The van der Waals surface area contributed by atoms with Crippen LogP contribution in [0.1, 0.15) is 228 Å². The number of esters is 2. The number of rotatable bonds is 36. The highest BCUT2D eigenvalue weighted by molar-refractivity contribution is 6.45. The van der Waals surface area contributed by atoms with Gasteiger partial charge in [0.15, 0.2) is 23.0 Å². The number of fused-ring (bicyclic) bond motifs is 3. The van der Waals surface area contributed by atoms with Crippen molar-refractivity contribution in [1.82, 2.24) is 14.8 Å². The Morgan fingerprint density at radius 1 is 0.709 bits per heavy atom. The smallest absolute Gasteiger partial charge is 0.346 e. The van der Waals surface area contributed by atoms with E-state index in [2.05, 4.69) is 33.2 Å². The van der Waals surface area contributed by atoms with Gasteiger partial charge in [0, 0.05) is 123 Å². The third-order valence-corrected chi connectivity index (χ3v) is 27.3. The number of carbonyl (C=O) groups excluding carboxylic acids is 7. The van der Waals surface area contributed by atoms with Gasteiger partial charge in [-0.2, -0.15) is 0 Å². The van der Waals surface area contributed by atoms with Crippen LogP contribution < -0.4 is 31.7 Å². The van der Waals surface area contributed by atoms with Crippen LogP contribution in [0.4, 0.5) is 23.3 Å². The van der Waals surface area contributed by atoms with Crippen molar-refractivity contribution >= 4 is 111 Å². The SMILES string of the molecule is CCCCC(C)(O)C/C=C/[C@H]1[C@H](O)CC(=O)[C@@H]1CCCCCCC(=O)OC.CCCCC(C)(O)C/C=C/[C@H]1[C@H](O)CC(=O)[C@@H]1CCCCCCC(=O)OC.CN(C)c1ccc(O)c2c1C[C@H]1C[C@H]3[C@H](N(C)C)C(O)=C(C(N)=O)C(=O)[C@@]3(O)C(O)=C1C2=O.Clc1ccc(C(c2ccccc2Cl)C(Cl)Cl)cc1.Nc1cc(N2CCCCC2)nc(N)[n+]1[O-].OCCN1C[C@H](O)[C@@H](O)[C@H](O)[C@H]1CO. The van der Waals surface area contributed by atoms with Gasteiger partial charge in [-0.25, -0.2) is 4.73 Å². The van der Waals surface area contributed by atoms with Crippen molar-refractivity contribution in [2.45, 2.75) is 271 Å². The second-order valence-corrected chi connectivity index (χ2v) is 38.8. The molecule has 17 atom stereocenters. The van der Waals surface area contributed by atoms with Gasteiger partial charge in [0.05, 0.1) is 80.7 Å². The Hall–Kier alpha value is -8.13. The van der Waals surface area contributed by atoms with E-state index in [4.69, 9.17) is 73.8 Å². The molecule has 3 unspecified atom stereocenters.